The van der Waals surface area contributed by atoms with Crippen LogP contribution in [0.15, 0.2) is 42.5 Å². The summed E-state index contributed by atoms with van der Waals surface area (Å²) in [5, 5.41) is 15.4. The SMILES string of the molecule is Cc1ccccc1C(C(=O)Nc1c(C)cccc1C)N(CCO)C(=O)C(CS)NC(=O)OC(C)(C)C. The number of carbonyl (C=O) groups is 3. The molecule has 0 spiro atoms. The van der Waals surface area contributed by atoms with Gasteiger partial charge in [-0.15, -0.1) is 0 Å². The number of anilines is 1. The lowest BCUT2D eigenvalue weighted by atomic mass is 9.97. The Morgan fingerprint density at radius 2 is 1.58 bits per heavy atom. The van der Waals surface area contributed by atoms with Gasteiger partial charge in [0, 0.05) is 18.0 Å². The van der Waals surface area contributed by atoms with Crippen LogP contribution in [0.1, 0.15) is 49.1 Å². The zero-order chi connectivity index (χ0) is 27.0. The number of nitrogens with one attached hydrogen (secondary N) is 2. The fourth-order valence-electron chi connectivity index (χ4n) is 3.86. The number of amides is 3. The normalized spacial score (nSPS) is 12.9. The van der Waals surface area contributed by atoms with Crippen molar-refractivity contribution < 1.29 is 24.2 Å². The van der Waals surface area contributed by atoms with Crippen LogP contribution in [0.5, 0.6) is 0 Å². The van der Waals surface area contributed by atoms with Crippen molar-refractivity contribution in [2.75, 3.05) is 24.2 Å². The molecule has 2 rings (SSSR count). The smallest absolute Gasteiger partial charge is 0.408 e. The lowest BCUT2D eigenvalue weighted by Crippen LogP contribution is -2.54. The number of carbonyl (C=O) groups excluding carboxylic acids is 3. The Morgan fingerprint density at radius 1 is 1.00 bits per heavy atom. The highest BCUT2D eigenvalue weighted by molar-refractivity contribution is 7.80. The molecule has 0 aromatic heterocycles. The molecule has 3 N–H and O–H groups in total. The molecule has 9 heteroatoms. The third kappa shape index (κ3) is 7.73. The molecule has 2 atom stereocenters. The average molecular weight is 516 g/mol. The van der Waals surface area contributed by atoms with Crippen LogP contribution in [0.4, 0.5) is 10.5 Å². The highest BCUT2D eigenvalue weighted by Crippen LogP contribution is 2.28. The van der Waals surface area contributed by atoms with Crippen LogP contribution in [-0.4, -0.2) is 58.5 Å². The first kappa shape index (κ1) is 29.2. The van der Waals surface area contributed by atoms with Gasteiger partial charge in [-0.2, -0.15) is 12.6 Å². The van der Waals surface area contributed by atoms with E-state index in [4.69, 9.17) is 4.74 Å². The summed E-state index contributed by atoms with van der Waals surface area (Å²) < 4.78 is 5.29. The van der Waals surface area contributed by atoms with Crippen LogP contribution in [0.25, 0.3) is 0 Å². The van der Waals surface area contributed by atoms with Gasteiger partial charge in [-0.25, -0.2) is 4.79 Å². The maximum Gasteiger partial charge on any atom is 0.408 e. The molecule has 0 heterocycles. The number of alkyl carbamates (subject to hydrolysis) is 1. The van der Waals surface area contributed by atoms with Crippen molar-refractivity contribution in [1.82, 2.24) is 10.2 Å². The van der Waals surface area contributed by atoms with E-state index in [1.807, 2.05) is 51.1 Å². The second kappa shape index (κ2) is 12.8. The van der Waals surface area contributed by atoms with Crippen LogP contribution in [0, 0.1) is 20.8 Å². The van der Waals surface area contributed by atoms with E-state index >= 15 is 0 Å². The fourth-order valence-corrected chi connectivity index (χ4v) is 4.10. The molecular formula is C27H37N3O5S. The minimum atomic E-state index is -1.07. The Kier molecular flexibility index (Phi) is 10.4. The molecule has 0 radical (unpaired) electrons. The van der Waals surface area contributed by atoms with Crippen molar-refractivity contribution in [3.8, 4) is 0 Å². The number of benzene rings is 2. The van der Waals surface area contributed by atoms with Crippen molar-refractivity contribution in [2.24, 2.45) is 0 Å². The van der Waals surface area contributed by atoms with Gasteiger partial charge in [0.15, 0.2) is 0 Å². The number of ether oxygens (including phenoxy) is 1. The van der Waals surface area contributed by atoms with Crippen LogP contribution < -0.4 is 10.6 Å². The van der Waals surface area contributed by atoms with Gasteiger partial charge in [-0.1, -0.05) is 42.5 Å². The van der Waals surface area contributed by atoms with Crippen molar-refractivity contribution in [3.05, 3.63) is 64.7 Å². The molecule has 0 aliphatic carbocycles. The van der Waals surface area contributed by atoms with E-state index < -0.39 is 35.6 Å². The maximum atomic E-state index is 13.8. The van der Waals surface area contributed by atoms with E-state index in [2.05, 4.69) is 23.3 Å². The molecule has 0 saturated carbocycles. The molecule has 2 aromatic carbocycles. The predicted octanol–water partition coefficient (Wildman–Crippen LogP) is 3.94. The summed E-state index contributed by atoms with van der Waals surface area (Å²) in [6, 6.07) is 10.8. The first-order chi connectivity index (χ1) is 16.9. The third-order valence-electron chi connectivity index (χ3n) is 5.57. The van der Waals surface area contributed by atoms with Crippen LogP contribution >= 0.6 is 12.6 Å². The van der Waals surface area contributed by atoms with Gasteiger partial charge in [0.1, 0.15) is 17.7 Å². The second-order valence-corrected chi connectivity index (χ2v) is 10.0. The quantitative estimate of drug-likeness (QED) is 0.379. The molecule has 0 aliphatic rings. The van der Waals surface area contributed by atoms with E-state index in [1.54, 1.807) is 32.9 Å². The number of thiol groups is 1. The van der Waals surface area contributed by atoms with Crippen LogP contribution in [0.2, 0.25) is 0 Å². The Morgan fingerprint density at radius 3 is 2.11 bits per heavy atom. The van der Waals surface area contributed by atoms with Crippen LogP contribution in [0.3, 0.4) is 0 Å². The number of rotatable bonds is 9. The molecule has 196 valence electrons. The maximum absolute atomic E-state index is 13.8. The molecule has 36 heavy (non-hydrogen) atoms. The minimum absolute atomic E-state index is 0.0288. The Hall–Kier alpha value is -3.04. The van der Waals surface area contributed by atoms with Gasteiger partial charge in [-0.05, 0) is 63.8 Å². The summed E-state index contributed by atoms with van der Waals surface area (Å²) in [6.07, 6.45) is -0.772. The number of hydrogen-bond acceptors (Lipinski definition) is 6. The standard InChI is InChI=1S/C27H37N3O5S/c1-17-10-7-8-13-20(17)23(24(32)29-22-18(2)11-9-12-19(22)3)30(14-15-31)25(33)21(16-36)28-26(34)35-27(4,5)6/h7-13,21,23,31,36H,14-16H2,1-6H3,(H,28,34)(H,29,32). The van der Waals surface area contributed by atoms with E-state index in [9.17, 15) is 19.5 Å². The van der Waals surface area contributed by atoms with Gasteiger partial charge in [-0.3, -0.25) is 9.59 Å². The van der Waals surface area contributed by atoms with Gasteiger partial charge >= 0.3 is 6.09 Å². The van der Waals surface area contributed by atoms with Gasteiger partial charge in [0.2, 0.25) is 5.91 Å². The van der Waals surface area contributed by atoms with Crippen molar-refractivity contribution in [1.29, 1.82) is 0 Å². The van der Waals surface area contributed by atoms with E-state index in [1.165, 1.54) is 4.90 Å². The molecule has 0 saturated heterocycles. The first-order valence-corrected chi connectivity index (χ1v) is 12.5. The second-order valence-electron chi connectivity index (χ2n) is 9.65. The minimum Gasteiger partial charge on any atom is -0.444 e. The molecule has 8 nitrogen and oxygen atoms in total. The van der Waals surface area contributed by atoms with Crippen molar-refractivity contribution >= 4 is 36.2 Å². The molecule has 0 aliphatic heterocycles. The summed E-state index contributed by atoms with van der Waals surface area (Å²) in [6.45, 7) is 10.3. The summed E-state index contributed by atoms with van der Waals surface area (Å²) >= 11 is 4.26. The lowest BCUT2D eigenvalue weighted by molar-refractivity contribution is -0.140. The fraction of sp³-hybridized carbons (Fsp3) is 0.444. The van der Waals surface area contributed by atoms with Crippen LogP contribution in [-0.2, 0) is 14.3 Å². The van der Waals surface area contributed by atoms with Gasteiger partial charge in [0.05, 0.1) is 6.61 Å². The topological polar surface area (TPSA) is 108 Å². The molecule has 2 unspecified atom stereocenters. The summed E-state index contributed by atoms with van der Waals surface area (Å²) in [5.41, 5.74) is 3.08. The van der Waals surface area contributed by atoms with Gasteiger partial charge < -0.3 is 25.4 Å². The molecule has 3 amide bonds. The number of aliphatic hydroxyl groups is 1. The molecular weight excluding hydrogens is 478 g/mol. The third-order valence-corrected chi connectivity index (χ3v) is 5.93. The predicted molar refractivity (Wildman–Crippen MR) is 144 cm³/mol. The van der Waals surface area contributed by atoms with Gasteiger partial charge in [0.25, 0.3) is 5.91 Å². The van der Waals surface area contributed by atoms with E-state index in [-0.39, 0.29) is 18.9 Å². The monoisotopic (exact) mass is 515 g/mol. The largest absolute Gasteiger partial charge is 0.444 e. The zero-order valence-corrected chi connectivity index (χ0v) is 22.7. The number of para-hydroxylation sites is 1. The van der Waals surface area contributed by atoms with E-state index in [0.29, 0.717) is 11.3 Å². The summed E-state index contributed by atoms with van der Waals surface area (Å²) in [7, 11) is 0. The molecule has 0 bridgehead atoms. The Balaban J connectivity index is 2.49. The number of aliphatic hydroxyl groups excluding tert-OH is 1. The average Bonchev–Trinajstić information content (AvgIpc) is 2.79. The van der Waals surface area contributed by atoms with Crippen molar-refractivity contribution in [3.63, 3.8) is 0 Å². The lowest BCUT2D eigenvalue weighted by Gasteiger charge is -2.34. The number of nitrogens with zero attached hydrogens (tertiary/aromatic N) is 1. The summed E-state index contributed by atoms with van der Waals surface area (Å²) in [5.74, 6) is -1.02. The first-order valence-electron chi connectivity index (χ1n) is 11.8. The highest BCUT2D eigenvalue weighted by atomic mass is 32.1. The number of aryl methyl sites for hydroxylation is 3. The zero-order valence-electron chi connectivity index (χ0n) is 21.8. The molecule has 2 aromatic rings. The summed E-state index contributed by atoms with van der Waals surface area (Å²) in [4.78, 5) is 41.2. The highest BCUT2D eigenvalue weighted by Gasteiger charge is 2.36. The Bertz CT molecular complexity index is 1060. The van der Waals surface area contributed by atoms with Crippen molar-refractivity contribution in [2.45, 2.75) is 59.2 Å². The number of hydrogen-bond donors (Lipinski definition) is 4. The van der Waals surface area contributed by atoms with E-state index in [0.717, 1.165) is 16.7 Å². The molecule has 0 fully saturated rings. The Labute approximate surface area is 218 Å².